The number of nitrogens with zero attached hydrogens (tertiary/aromatic N) is 4. The summed E-state index contributed by atoms with van der Waals surface area (Å²) in [5.41, 5.74) is 2.19. The maximum Gasteiger partial charge on any atom is 0.352 e. The Morgan fingerprint density at radius 2 is 2.00 bits per heavy atom. The van der Waals surface area contributed by atoms with Gasteiger partial charge in [-0.15, -0.1) is 16.4 Å². The van der Waals surface area contributed by atoms with Crippen molar-refractivity contribution in [2.24, 2.45) is 0 Å². The van der Waals surface area contributed by atoms with Gasteiger partial charge < -0.3 is 5.32 Å². The lowest BCUT2D eigenvalue weighted by Gasteiger charge is -2.09. The maximum atomic E-state index is 13.0. The number of fused-ring (bicyclic) bond motifs is 5. The molecule has 0 fully saturated rings. The van der Waals surface area contributed by atoms with Crippen molar-refractivity contribution in [3.8, 4) is 0 Å². The number of aryl methyl sites for hydroxylation is 2. The van der Waals surface area contributed by atoms with Gasteiger partial charge in [-0.1, -0.05) is 12.1 Å². The van der Waals surface area contributed by atoms with E-state index in [0.717, 1.165) is 35.0 Å². The van der Waals surface area contributed by atoms with Gasteiger partial charge in [0.1, 0.15) is 23.5 Å². The summed E-state index contributed by atoms with van der Waals surface area (Å²) in [5, 5.41) is 8.13. The molecule has 0 unspecified atom stereocenters. The molecule has 148 valence electrons. The minimum absolute atomic E-state index is 0.185. The van der Waals surface area contributed by atoms with Crippen LogP contribution >= 0.6 is 11.3 Å². The van der Waals surface area contributed by atoms with E-state index in [1.165, 1.54) is 44.4 Å². The number of hydrogen-bond acceptors (Lipinski definition) is 5. The van der Waals surface area contributed by atoms with Crippen molar-refractivity contribution in [2.75, 3.05) is 0 Å². The molecule has 0 aliphatic heterocycles. The summed E-state index contributed by atoms with van der Waals surface area (Å²) in [4.78, 5) is 31.7. The van der Waals surface area contributed by atoms with E-state index in [1.54, 1.807) is 23.5 Å². The molecule has 7 nitrogen and oxygen atoms in total. The summed E-state index contributed by atoms with van der Waals surface area (Å²) in [6, 6.07) is 5.89. The zero-order valence-electron chi connectivity index (χ0n) is 15.5. The molecule has 1 amide bonds. The van der Waals surface area contributed by atoms with Crippen molar-refractivity contribution in [1.82, 2.24) is 24.5 Å². The van der Waals surface area contributed by atoms with Crippen LogP contribution in [0.3, 0.4) is 0 Å². The van der Waals surface area contributed by atoms with Crippen LogP contribution in [0.5, 0.6) is 0 Å². The topological polar surface area (TPSA) is 81.3 Å². The standard InChI is InChI=1S/C20H18FN5O2S/c21-13-7-5-12(6-8-13)9-22-16(27)10-26-20(28)25-11-23-19-17(18(25)24-26)14-3-1-2-4-15(14)29-19/h5-8,11H,1-4,9-10H2,(H,22,27). The number of carbonyl (C=O) groups is 1. The van der Waals surface area contributed by atoms with E-state index >= 15 is 0 Å². The number of rotatable bonds is 4. The highest BCUT2D eigenvalue weighted by atomic mass is 32.1. The molecule has 1 aromatic carbocycles. The van der Waals surface area contributed by atoms with Crippen LogP contribution in [0.2, 0.25) is 0 Å². The highest BCUT2D eigenvalue weighted by molar-refractivity contribution is 7.19. The van der Waals surface area contributed by atoms with E-state index in [2.05, 4.69) is 15.4 Å². The number of hydrogen-bond donors (Lipinski definition) is 1. The molecule has 29 heavy (non-hydrogen) atoms. The van der Waals surface area contributed by atoms with Gasteiger partial charge in [0, 0.05) is 11.4 Å². The Balaban J connectivity index is 1.43. The van der Waals surface area contributed by atoms with Crippen molar-refractivity contribution in [1.29, 1.82) is 0 Å². The molecule has 1 aliphatic carbocycles. The van der Waals surface area contributed by atoms with E-state index in [1.807, 2.05) is 0 Å². The summed E-state index contributed by atoms with van der Waals surface area (Å²) in [6.07, 6.45) is 5.79. The number of amides is 1. The van der Waals surface area contributed by atoms with Gasteiger partial charge in [0.05, 0.1) is 5.39 Å². The minimum atomic E-state index is -0.387. The van der Waals surface area contributed by atoms with E-state index < -0.39 is 0 Å². The van der Waals surface area contributed by atoms with Crippen LogP contribution < -0.4 is 11.0 Å². The van der Waals surface area contributed by atoms with Crippen molar-refractivity contribution in [2.45, 2.75) is 38.8 Å². The Morgan fingerprint density at radius 3 is 2.83 bits per heavy atom. The molecular weight excluding hydrogens is 393 g/mol. The normalized spacial score (nSPS) is 13.7. The van der Waals surface area contributed by atoms with Crippen LogP contribution in [0.1, 0.15) is 28.8 Å². The summed E-state index contributed by atoms with van der Waals surface area (Å²) >= 11 is 1.67. The van der Waals surface area contributed by atoms with Gasteiger partial charge >= 0.3 is 5.69 Å². The van der Waals surface area contributed by atoms with Crippen LogP contribution in [0.4, 0.5) is 4.39 Å². The number of halogens is 1. The Bertz CT molecular complexity index is 1290. The smallest absolute Gasteiger partial charge is 0.350 e. The van der Waals surface area contributed by atoms with Gasteiger partial charge in [0.25, 0.3) is 0 Å². The number of benzene rings is 1. The molecule has 3 aromatic heterocycles. The van der Waals surface area contributed by atoms with Crippen molar-refractivity contribution in [3.05, 3.63) is 62.9 Å². The third kappa shape index (κ3) is 3.21. The maximum absolute atomic E-state index is 13.0. The third-order valence-electron chi connectivity index (χ3n) is 5.23. The lowest BCUT2D eigenvalue weighted by atomic mass is 9.97. The summed E-state index contributed by atoms with van der Waals surface area (Å²) in [7, 11) is 0. The highest BCUT2D eigenvalue weighted by Crippen LogP contribution is 2.36. The molecule has 0 saturated heterocycles. The molecule has 1 N–H and O–H groups in total. The van der Waals surface area contributed by atoms with Crippen LogP contribution in [-0.4, -0.2) is 25.1 Å². The van der Waals surface area contributed by atoms with E-state index in [9.17, 15) is 14.0 Å². The predicted molar refractivity (Wildman–Crippen MR) is 108 cm³/mol. The SMILES string of the molecule is O=C(Cn1nc2c3c4c(sc3ncn2c1=O)CCCC4)NCc1ccc(F)cc1. The Morgan fingerprint density at radius 1 is 1.21 bits per heavy atom. The fourth-order valence-corrected chi connectivity index (χ4v) is 5.00. The quantitative estimate of drug-likeness (QED) is 0.559. The summed E-state index contributed by atoms with van der Waals surface area (Å²) in [5.74, 6) is -0.664. The molecule has 3 heterocycles. The van der Waals surface area contributed by atoms with Crippen LogP contribution in [0.25, 0.3) is 15.9 Å². The first-order valence-corrected chi connectivity index (χ1v) is 10.3. The second kappa shape index (κ2) is 7.07. The fourth-order valence-electron chi connectivity index (χ4n) is 3.78. The van der Waals surface area contributed by atoms with Gasteiger partial charge in [-0.25, -0.2) is 23.3 Å². The Labute approximate surface area is 168 Å². The first kappa shape index (κ1) is 18.0. The first-order valence-electron chi connectivity index (χ1n) is 9.50. The molecular formula is C20H18FN5O2S. The van der Waals surface area contributed by atoms with Crippen molar-refractivity contribution >= 4 is 33.1 Å². The highest BCUT2D eigenvalue weighted by Gasteiger charge is 2.21. The summed E-state index contributed by atoms with van der Waals surface area (Å²) in [6.45, 7) is 0.0700. The number of aromatic nitrogens is 4. The van der Waals surface area contributed by atoms with Gasteiger partial charge in [-0.2, -0.15) is 0 Å². The van der Waals surface area contributed by atoms with E-state index in [-0.39, 0.29) is 30.5 Å². The Kier molecular flexibility index (Phi) is 4.39. The first-order chi connectivity index (χ1) is 14.1. The largest absolute Gasteiger partial charge is 0.352 e. The Hall–Kier alpha value is -3.07. The molecule has 4 aromatic rings. The molecule has 0 saturated carbocycles. The summed E-state index contributed by atoms with van der Waals surface area (Å²) < 4.78 is 15.6. The molecule has 1 aliphatic rings. The molecule has 0 radical (unpaired) electrons. The number of carbonyl (C=O) groups excluding carboxylic acids is 1. The fraction of sp³-hybridized carbons (Fsp3) is 0.300. The van der Waals surface area contributed by atoms with Gasteiger partial charge in [0.15, 0.2) is 5.65 Å². The lowest BCUT2D eigenvalue weighted by molar-refractivity contribution is -0.122. The molecule has 0 atom stereocenters. The second-order valence-electron chi connectivity index (χ2n) is 7.17. The van der Waals surface area contributed by atoms with E-state index in [0.29, 0.717) is 5.65 Å². The third-order valence-corrected chi connectivity index (χ3v) is 6.43. The molecule has 9 heteroatoms. The lowest BCUT2D eigenvalue weighted by Crippen LogP contribution is -2.32. The second-order valence-corrected chi connectivity index (χ2v) is 8.26. The average molecular weight is 411 g/mol. The minimum Gasteiger partial charge on any atom is -0.350 e. The predicted octanol–water partition coefficient (Wildman–Crippen LogP) is 2.44. The van der Waals surface area contributed by atoms with Gasteiger partial charge in [0.2, 0.25) is 5.91 Å². The monoisotopic (exact) mass is 411 g/mol. The van der Waals surface area contributed by atoms with Crippen LogP contribution in [0, 0.1) is 5.82 Å². The zero-order chi connectivity index (χ0) is 20.0. The van der Waals surface area contributed by atoms with Crippen LogP contribution in [0.15, 0.2) is 35.4 Å². The molecule has 0 bridgehead atoms. The van der Waals surface area contributed by atoms with Crippen molar-refractivity contribution in [3.63, 3.8) is 0 Å². The van der Waals surface area contributed by atoms with E-state index in [4.69, 9.17) is 0 Å². The molecule has 0 spiro atoms. The van der Waals surface area contributed by atoms with Gasteiger partial charge in [-0.3, -0.25) is 4.79 Å². The average Bonchev–Trinajstić information content (AvgIpc) is 3.25. The number of nitrogens with one attached hydrogen (secondary N) is 1. The molecule has 5 rings (SSSR count). The zero-order valence-corrected chi connectivity index (χ0v) is 16.3. The van der Waals surface area contributed by atoms with Gasteiger partial charge in [-0.05, 0) is 48.9 Å². The van der Waals surface area contributed by atoms with Crippen molar-refractivity contribution < 1.29 is 9.18 Å². The number of thiophene rings is 1. The van der Waals surface area contributed by atoms with Crippen LogP contribution in [-0.2, 0) is 30.7 Å².